The van der Waals surface area contributed by atoms with Gasteiger partial charge in [-0.05, 0) is 25.0 Å². The van der Waals surface area contributed by atoms with Gasteiger partial charge in [0.2, 0.25) is 5.91 Å². The average molecular weight is 344 g/mol. The third kappa shape index (κ3) is 5.19. The van der Waals surface area contributed by atoms with Crippen molar-refractivity contribution in [2.75, 3.05) is 51.1 Å². The van der Waals surface area contributed by atoms with Crippen LogP contribution >= 0.6 is 0 Å². The van der Waals surface area contributed by atoms with E-state index in [2.05, 4.69) is 10.2 Å². The molecule has 0 radical (unpaired) electrons. The Hall–Kier alpha value is -2.08. The third-order valence-electron chi connectivity index (χ3n) is 5.00. The Balaban J connectivity index is 1.42. The van der Waals surface area contributed by atoms with Crippen LogP contribution in [0.1, 0.15) is 25.7 Å². The number of para-hydroxylation sites is 1. The quantitative estimate of drug-likeness (QED) is 0.915. The minimum Gasteiger partial charge on any atom is -0.342 e. The zero-order valence-corrected chi connectivity index (χ0v) is 14.8. The highest BCUT2D eigenvalue weighted by atomic mass is 16.2. The maximum atomic E-state index is 12.5. The highest BCUT2D eigenvalue weighted by Crippen LogP contribution is 2.12. The number of rotatable bonds is 3. The predicted octanol–water partition coefficient (Wildman–Crippen LogP) is 2.24. The summed E-state index contributed by atoms with van der Waals surface area (Å²) in [6.45, 7) is 5.10. The van der Waals surface area contributed by atoms with Gasteiger partial charge in [0.25, 0.3) is 0 Å². The van der Waals surface area contributed by atoms with E-state index in [1.54, 1.807) is 0 Å². The topological polar surface area (TPSA) is 55.9 Å². The maximum absolute atomic E-state index is 12.5. The number of urea groups is 1. The summed E-state index contributed by atoms with van der Waals surface area (Å²) in [5, 5.41) is 2.92. The van der Waals surface area contributed by atoms with Crippen molar-refractivity contribution in [3.63, 3.8) is 0 Å². The molecule has 0 spiro atoms. The number of hydrogen-bond acceptors (Lipinski definition) is 3. The zero-order valence-electron chi connectivity index (χ0n) is 14.8. The van der Waals surface area contributed by atoms with E-state index < -0.39 is 0 Å². The van der Waals surface area contributed by atoms with Crippen molar-refractivity contribution in [2.45, 2.75) is 25.7 Å². The summed E-state index contributed by atoms with van der Waals surface area (Å²) >= 11 is 0. The van der Waals surface area contributed by atoms with Gasteiger partial charge in [-0.25, -0.2) is 4.79 Å². The van der Waals surface area contributed by atoms with Crippen LogP contribution in [0.25, 0.3) is 0 Å². The smallest absolute Gasteiger partial charge is 0.321 e. The number of likely N-dealkylation sites (tertiary alicyclic amines) is 1. The van der Waals surface area contributed by atoms with E-state index in [0.29, 0.717) is 19.6 Å². The molecule has 0 unspecified atom stereocenters. The molecule has 6 heteroatoms. The molecule has 1 N–H and O–H groups in total. The first-order chi connectivity index (χ1) is 12.2. The molecule has 3 amide bonds. The Bertz CT molecular complexity index is 562. The van der Waals surface area contributed by atoms with E-state index in [9.17, 15) is 9.59 Å². The van der Waals surface area contributed by atoms with Crippen molar-refractivity contribution in [1.29, 1.82) is 0 Å². The Labute approximate surface area is 149 Å². The normalized spacial score (nSPS) is 19.4. The second-order valence-electron chi connectivity index (χ2n) is 6.85. The molecule has 2 fully saturated rings. The lowest BCUT2D eigenvalue weighted by molar-refractivity contribution is -0.132. The van der Waals surface area contributed by atoms with Gasteiger partial charge in [-0.2, -0.15) is 0 Å². The Kier molecular flexibility index (Phi) is 6.28. The van der Waals surface area contributed by atoms with Gasteiger partial charge in [0.1, 0.15) is 0 Å². The van der Waals surface area contributed by atoms with Gasteiger partial charge < -0.3 is 15.1 Å². The minimum absolute atomic E-state index is 0.0651. The molecule has 6 nitrogen and oxygen atoms in total. The SMILES string of the molecule is O=C(CN1CCN(C(=O)Nc2ccccc2)CC1)N1CCCCCC1. The molecule has 1 aromatic carbocycles. The van der Waals surface area contributed by atoms with Crippen LogP contribution in [0.3, 0.4) is 0 Å². The molecule has 0 bridgehead atoms. The number of carbonyl (C=O) groups excluding carboxylic acids is 2. The summed E-state index contributed by atoms with van der Waals surface area (Å²) < 4.78 is 0. The Morgan fingerprint density at radius 2 is 1.44 bits per heavy atom. The zero-order chi connectivity index (χ0) is 17.5. The fourth-order valence-corrected chi connectivity index (χ4v) is 3.44. The predicted molar refractivity (Wildman–Crippen MR) is 98.5 cm³/mol. The number of nitrogens with one attached hydrogen (secondary N) is 1. The van der Waals surface area contributed by atoms with E-state index in [4.69, 9.17) is 0 Å². The van der Waals surface area contributed by atoms with Crippen molar-refractivity contribution in [1.82, 2.24) is 14.7 Å². The average Bonchev–Trinajstić information content (AvgIpc) is 2.92. The molecule has 25 heavy (non-hydrogen) atoms. The Morgan fingerprint density at radius 3 is 2.08 bits per heavy atom. The van der Waals surface area contributed by atoms with Gasteiger partial charge in [0.15, 0.2) is 0 Å². The number of benzene rings is 1. The second kappa shape index (κ2) is 8.85. The van der Waals surface area contributed by atoms with Crippen LogP contribution in [0.2, 0.25) is 0 Å². The first kappa shape index (κ1) is 17.7. The summed E-state index contributed by atoms with van der Waals surface area (Å²) in [7, 11) is 0. The number of nitrogens with zero attached hydrogens (tertiary/aromatic N) is 3. The number of carbonyl (C=O) groups is 2. The van der Waals surface area contributed by atoms with Crippen LogP contribution in [-0.2, 0) is 4.79 Å². The lowest BCUT2D eigenvalue weighted by atomic mass is 10.2. The fourth-order valence-electron chi connectivity index (χ4n) is 3.44. The molecule has 0 aliphatic carbocycles. The summed E-state index contributed by atoms with van der Waals surface area (Å²) in [5.74, 6) is 0.240. The monoisotopic (exact) mass is 344 g/mol. The molecular weight excluding hydrogens is 316 g/mol. The van der Waals surface area contributed by atoms with Crippen LogP contribution in [0.15, 0.2) is 30.3 Å². The molecule has 0 saturated carbocycles. The molecule has 2 heterocycles. The highest BCUT2D eigenvalue weighted by molar-refractivity contribution is 5.89. The van der Waals surface area contributed by atoms with Gasteiger partial charge in [-0.15, -0.1) is 0 Å². The second-order valence-corrected chi connectivity index (χ2v) is 6.85. The van der Waals surface area contributed by atoms with Crippen LogP contribution < -0.4 is 5.32 Å². The first-order valence-corrected chi connectivity index (χ1v) is 9.33. The van der Waals surface area contributed by atoms with E-state index in [1.807, 2.05) is 40.1 Å². The van der Waals surface area contributed by atoms with E-state index in [-0.39, 0.29) is 11.9 Å². The van der Waals surface area contributed by atoms with E-state index in [0.717, 1.165) is 44.7 Å². The van der Waals surface area contributed by atoms with Crippen LogP contribution in [0.5, 0.6) is 0 Å². The van der Waals surface area contributed by atoms with Crippen molar-refractivity contribution >= 4 is 17.6 Å². The van der Waals surface area contributed by atoms with Gasteiger partial charge in [0, 0.05) is 45.0 Å². The number of amides is 3. The summed E-state index contributed by atoms with van der Waals surface area (Å²) in [5.41, 5.74) is 0.811. The fraction of sp³-hybridized carbons (Fsp3) is 0.579. The van der Waals surface area contributed by atoms with Gasteiger partial charge in [0.05, 0.1) is 6.54 Å². The molecule has 136 valence electrons. The highest BCUT2D eigenvalue weighted by Gasteiger charge is 2.24. The van der Waals surface area contributed by atoms with Crippen molar-refractivity contribution in [3.8, 4) is 0 Å². The van der Waals surface area contributed by atoms with Gasteiger partial charge in [-0.3, -0.25) is 9.69 Å². The van der Waals surface area contributed by atoms with E-state index in [1.165, 1.54) is 12.8 Å². The van der Waals surface area contributed by atoms with Crippen LogP contribution in [0.4, 0.5) is 10.5 Å². The third-order valence-corrected chi connectivity index (χ3v) is 5.00. The molecule has 2 aliphatic heterocycles. The molecule has 0 atom stereocenters. The molecule has 2 saturated heterocycles. The first-order valence-electron chi connectivity index (χ1n) is 9.33. The minimum atomic E-state index is -0.0651. The van der Waals surface area contributed by atoms with Crippen LogP contribution in [0, 0.1) is 0 Å². The van der Waals surface area contributed by atoms with Crippen molar-refractivity contribution in [3.05, 3.63) is 30.3 Å². The lowest BCUT2D eigenvalue weighted by Gasteiger charge is -2.35. The maximum Gasteiger partial charge on any atom is 0.321 e. The lowest BCUT2D eigenvalue weighted by Crippen LogP contribution is -2.52. The largest absolute Gasteiger partial charge is 0.342 e. The molecule has 3 rings (SSSR count). The number of piperazine rings is 1. The molecular formula is C19H28N4O2. The molecule has 1 aromatic rings. The number of anilines is 1. The van der Waals surface area contributed by atoms with Crippen LogP contribution in [-0.4, -0.2) is 72.5 Å². The standard InChI is InChI=1S/C19H28N4O2/c24-18(22-10-6-1-2-7-11-22)16-21-12-14-23(15-13-21)19(25)20-17-8-4-3-5-9-17/h3-5,8-9H,1-2,6-7,10-16H2,(H,20,25). The van der Waals surface area contributed by atoms with Crippen molar-refractivity contribution < 1.29 is 9.59 Å². The van der Waals surface area contributed by atoms with E-state index >= 15 is 0 Å². The molecule has 2 aliphatic rings. The summed E-state index contributed by atoms with van der Waals surface area (Å²) in [6.07, 6.45) is 4.72. The summed E-state index contributed by atoms with van der Waals surface area (Å²) in [4.78, 5) is 30.8. The van der Waals surface area contributed by atoms with Gasteiger partial charge >= 0.3 is 6.03 Å². The van der Waals surface area contributed by atoms with Gasteiger partial charge in [-0.1, -0.05) is 31.0 Å². The molecule has 0 aromatic heterocycles. The number of hydrogen-bond donors (Lipinski definition) is 1. The Morgan fingerprint density at radius 1 is 0.800 bits per heavy atom. The van der Waals surface area contributed by atoms with Crippen molar-refractivity contribution in [2.24, 2.45) is 0 Å². The summed E-state index contributed by atoms with van der Waals surface area (Å²) in [6, 6.07) is 9.44.